The van der Waals surface area contributed by atoms with Crippen LogP contribution >= 0.6 is 0 Å². The quantitative estimate of drug-likeness (QED) is 0.719. The lowest BCUT2D eigenvalue weighted by molar-refractivity contribution is -0.140. The van der Waals surface area contributed by atoms with Crippen LogP contribution < -0.4 is 9.46 Å². The number of aliphatic carboxylic acids is 1. The number of nitrogens with one attached hydrogen (secondary N) is 1. The molecule has 0 aliphatic heterocycles. The van der Waals surface area contributed by atoms with Gasteiger partial charge in [-0.25, -0.2) is 16.8 Å². The smallest absolute Gasteiger partial charge is 0.322 e. The number of rotatable bonds is 7. The normalized spacial score (nSPS) is 13.8. The summed E-state index contributed by atoms with van der Waals surface area (Å²) >= 11 is 0. The van der Waals surface area contributed by atoms with E-state index in [4.69, 9.17) is 9.84 Å². The minimum absolute atomic E-state index is 0.0854. The maximum Gasteiger partial charge on any atom is 0.322 e. The van der Waals surface area contributed by atoms with Crippen LogP contribution in [0.25, 0.3) is 0 Å². The number of carboxylic acid groups (broad SMARTS) is 1. The van der Waals surface area contributed by atoms with Gasteiger partial charge in [-0.3, -0.25) is 4.79 Å². The van der Waals surface area contributed by atoms with E-state index in [-0.39, 0.29) is 10.6 Å². The summed E-state index contributed by atoms with van der Waals surface area (Å²) in [5, 5.41) is 9.11. The van der Waals surface area contributed by atoms with Crippen molar-refractivity contribution in [3.8, 4) is 5.75 Å². The number of carbonyl (C=O) groups is 1. The number of carboxylic acids is 1. The number of benzene rings is 1. The molecular formula is C13H19NO7S2. The zero-order valence-corrected chi connectivity index (χ0v) is 14.7. The lowest BCUT2D eigenvalue weighted by Gasteiger charge is -2.19. The molecule has 0 aromatic heterocycles. The summed E-state index contributed by atoms with van der Waals surface area (Å²) in [5.74, 6) is -1.93. The van der Waals surface area contributed by atoms with E-state index in [1.165, 1.54) is 19.2 Å². The first-order chi connectivity index (χ1) is 10.4. The summed E-state index contributed by atoms with van der Waals surface area (Å²) in [4.78, 5) is 10.5. The summed E-state index contributed by atoms with van der Waals surface area (Å²) in [6, 6.07) is 2.00. The fourth-order valence-electron chi connectivity index (χ4n) is 1.80. The molecule has 1 aromatic carbocycles. The molecule has 1 aromatic rings. The number of hydrogen-bond acceptors (Lipinski definition) is 6. The van der Waals surface area contributed by atoms with Gasteiger partial charge in [-0.1, -0.05) is 13.8 Å². The summed E-state index contributed by atoms with van der Waals surface area (Å²) in [7, 11) is -6.70. The maximum atomic E-state index is 12.5. The van der Waals surface area contributed by atoms with Crippen molar-refractivity contribution in [3.63, 3.8) is 0 Å². The van der Waals surface area contributed by atoms with Crippen LogP contribution in [-0.4, -0.2) is 47.3 Å². The Bertz CT molecular complexity index is 798. The van der Waals surface area contributed by atoms with Crippen LogP contribution in [0.1, 0.15) is 13.8 Å². The molecule has 1 unspecified atom stereocenters. The molecule has 0 fully saturated rings. The zero-order valence-electron chi connectivity index (χ0n) is 13.1. The minimum Gasteiger partial charge on any atom is -0.495 e. The molecule has 1 atom stereocenters. The van der Waals surface area contributed by atoms with Gasteiger partial charge in [0.05, 0.1) is 12.0 Å². The van der Waals surface area contributed by atoms with E-state index < -0.39 is 42.7 Å². The fraction of sp³-hybridized carbons (Fsp3) is 0.462. The van der Waals surface area contributed by atoms with Crippen molar-refractivity contribution in [3.05, 3.63) is 18.2 Å². The molecule has 0 saturated carbocycles. The second kappa shape index (κ2) is 6.85. The predicted molar refractivity (Wildman–Crippen MR) is 82.7 cm³/mol. The molecule has 0 spiro atoms. The van der Waals surface area contributed by atoms with Crippen LogP contribution in [0.4, 0.5) is 0 Å². The van der Waals surface area contributed by atoms with Gasteiger partial charge < -0.3 is 9.84 Å². The predicted octanol–water partition coefficient (Wildman–Crippen LogP) is 0.486. The van der Waals surface area contributed by atoms with Crippen molar-refractivity contribution in [1.82, 2.24) is 4.72 Å². The highest BCUT2D eigenvalue weighted by molar-refractivity contribution is 7.91. The Morgan fingerprint density at radius 3 is 2.17 bits per heavy atom. The Balaban J connectivity index is 3.45. The molecule has 23 heavy (non-hydrogen) atoms. The van der Waals surface area contributed by atoms with Gasteiger partial charge in [0, 0.05) is 6.26 Å². The highest BCUT2D eigenvalue weighted by atomic mass is 32.2. The fourth-order valence-corrected chi connectivity index (χ4v) is 4.05. The molecule has 10 heteroatoms. The SMILES string of the molecule is COc1ccc(S(C)(=O)=O)cc1S(=O)(=O)NC(C(=O)O)C(C)C. The van der Waals surface area contributed by atoms with Crippen LogP contribution in [0.3, 0.4) is 0 Å². The van der Waals surface area contributed by atoms with Gasteiger partial charge in [-0.15, -0.1) is 0 Å². The van der Waals surface area contributed by atoms with Crippen LogP contribution in [0.15, 0.2) is 28.0 Å². The molecular weight excluding hydrogens is 346 g/mol. The molecule has 0 aliphatic rings. The summed E-state index contributed by atoms with van der Waals surface area (Å²) in [6.07, 6.45) is 0.937. The lowest BCUT2D eigenvalue weighted by Crippen LogP contribution is -2.44. The van der Waals surface area contributed by atoms with E-state index in [1.54, 1.807) is 13.8 Å². The topological polar surface area (TPSA) is 127 Å². The minimum atomic E-state index is -4.30. The lowest BCUT2D eigenvalue weighted by atomic mass is 10.1. The number of hydrogen-bond donors (Lipinski definition) is 2. The number of sulfonamides is 1. The third-order valence-corrected chi connectivity index (χ3v) is 5.64. The highest BCUT2D eigenvalue weighted by Gasteiger charge is 2.30. The van der Waals surface area contributed by atoms with Crippen LogP contribution in [0.5, 0.6) is 5.75 Å². The van der Waals surface area contributed by atoms with E-state index in [1.807, 2.05) is 0 Å². The molecule has 0 bridgehead atoms. The van der Waals surface area contributed by atoms with Crippen molar-refractivity contribution < 1.29 is 31.5 Å². The average molecular weight is 365 g/mol. The van der Waals surface area contributed by atoms with Gasteiger partial charge in [0.25, 0.3) is 0 Å². The van der Waals surface area contributed by atoms with Crippen molar-refractivity contribution in [2.24, 2.45) is 5.92 Å². The molecule has 8 nitrogen and oxygen atoms in total. The molecule has 0 aliphatic carbocycles. The molecule has 0 amide bonds. The van der Waals surface area contributed by atoms with Gasteiger partial charge in [-0.2, -0.15) is 4.72 Å². The highest BCUT2D eigenvalue weighted by Crippen LogP contribution is 2.27. The largest absolute Gasteiger partial charge is 0.495 e. The Labute approximate surface area is 135 Å². The molecule has 0 heterocycles. The van der Waals surface area contributed by atoms with Crippen LogP contribution in [0.2, 0.25) is 0 Å². The van der Waals surface area contributed by atoms with Crippen molar-refractivity contribution in [1.29, 1.82) is 0 Å². The zero-order chi connectivity index (χ0) is 18.0. The van der Waals surface area contributed by atoms with Crippen molar-refractivity contribution in [2.75, 3.05) is 13.4 Å². The van der Waals surface area contributed by atoms with Crippen molar-refractivity contribution >= 4 is 25.8 Å². The Morgan fingerprint density at radius 2 is 1.78 bits per heavy atom. The first-order valence-corrected chi connectivity index (χ1v) is 9.91. The van der Waals surface area contributed by atoms with E-state index >= 15 is 0 Å². The van der Waals surface area contributed by atoms with E-state index in [9.17, 15) is 21.6 Å². The van der Waals surface area contributed by atoms with E-state index in [2.05, 4.69) is 4.72 Å². The second-order valence-corrected chi connectivity index (χ2v) is 8.96. The van der Waals surface area contributed by atoms with Gasteiger partial charge >= 0.3 is 5.97 Å². The Hall–Kier alpha value is -1.65. The first kappa shape index (κ1) is 19.4. The molecule has 130 valence electrons. The molecule has 2 N–H and O–H groups in total. The monoisotopic (exact) mass is 365 g/mol. The third kappa shape index (κ3) is 4.66. The second-order valence-electron chi connectivity index (χ2n) is 5.27. The van der Waals surface area contributed by atoms with Gasteiger partial charge in [0.15, 0.2) is 9.84 Å². The van der Waals surface area contributed by atoms with Crippen LogP contribution in [-0.2, 0) is 24.7 Å². The number of ether oxygens (including phenoxy) is 1. The summed E-state index contributed by atoms with van der Waals surface area (Å²) in [6.45, 7) is 3.09. The van der Waals surface area contributed by atoms with Gasteiger partial charge in [-0.05, 0) is 24.1 Å². The maximum absolute atomic E-state index is 12.5. The molecule has 0 saturated heterocycles. The van der Waals surface area contributed by atoms with Gasteiger partial charge in [0.2, 0.25) is 10.0 Å². The number of methoxy groups -OCH3 is 1. The molecule has 1 rings (SSSR count). The number of sulfone groups is 1. The van der Waals surface area contributed by atoms with Crippen molar-refractivity contribution in [2.45, 2.75) is 29.7 Å². The Kier molecular flexibility index (Phi) is 5.78. The van der Waals surface area contributed by atoms with Gasteiger partial charge in [0.1, 0.15) is 16.7 Å². The third-order valence-electron chi connectivity index (χ3n) is 3.07. The first-order valence-electron chi connectivity index (χ1n) is 6.53. The Morgan fingerprint density at radius 1 is 1.22 bits per heavy atom. The summed E-state index contributed by atoms with van der Waals surface area (Å²) in [5.41, 5.74) is 0. The standard InChI is InChI=1S/C13H19NO7S2/c1-8(2)12(13(15)16)14-23(19,20)11-7-9(22(4,17)18)5-6-10(11)21-3/h5-8,12,14H,1-4H3,(H,15,16). The van der Waals surface area contributed by atoms with E-state index in [0.29, 0.717) is 0 Å². The average Bonchev–Trinajstić information content (AvgIpc) is 2.42. The summed E-state index contributed by atoms with van der Waals surface area (Å²) < 4.78 is 55.1. The van der Waals surface area contributed by atoms with Crippen LogP contribution in [0, 0.1) is 5.92 Å². The molecule has 0 radical (unpaired) electrons. The van der Waals surface area contributed by atoms with E-state index in [0.717, 1.165) is 12.3 Å².